The second-order valence-corrected chi connectivity index (χ2v) is 6.32. The van der Waals surface area contributed by atoms with Gasteiger partial charge < -0.3 is 14.6 Å². The molecule has 3 rings (SSSR count). The molecule has 0 bridgehead atoms. The Morgan fingerprint density at radius 2 is 2.12 bits per heavy atom. The molecule has 0 spiro atoms. The van der Waals surface area contributed by atoms with E-state index in [2.05, 4.69) is 15.3 Å². The number of hydrogen-bond donors (Lipinski definition) is 1. The monoisotopic (exact) mass is 331 g/mol. The summed E-state index contributed by atoms with van der Waals surface area (Å²) in [5.41, 5.74) is 2.13. The van der Waals surface area contributed by atoms with Gasteiger partial charge in [-0.15, -0.1) is 0 Å². The van der Waals surface area contributed by atoms with E-state index in [0.717, 1.165) is 49.7 Å². The molecule has 1 aliphatic heterocycles. The highest BCUT2D eigenvalue weighted by atomic mass is 16.3. The molecule has 0 radical (unpaired) electrons. The lowest BCUT2D eigenvalue weighted by Crippen LogP contribution is -2.51. The van der Waals surface area contributed by atoms with Crippen molar-refractivity contribution in [3.8, 4) is 0 Å². The van der Waals surface area contributed by atoms with Gasteiger partial charge in [0.2, 0.25) is 0 Å². The van der Waals surface area contributed by atoms with E-state index in [1.54, 1.807) is 6.26 Å². The number of urea groups is 1. The summed E-state index contributed by atoms with van der Waals surface area (Å²) in [4.78, 5) is 16.7. The zero-order chi connectivity index (χ0) is 17.1. The standard InChI is InChI=1S/C17H25N5O2/c1-13(16-11-18-20(3)14(16)2)19-17(23)22-8-6-21(7-9-22)12-15-5-4-10-24-15/h4-5,10-11,13H,6-9,12H2,1-3H3,(H,19,23). The fraction of sp³-hybridized carbons (Fsp3) is 0.529. The average molecular weight is 331 g/mol. The first kappa shape index (κ1) is 16.6. The zero-order valence-electron chi connectivity index (χ0n) is 14.5. The van der Waals surface area contributed by atoms with Gasteiger partial charge >= 0.3 is 6.03 Å². The van der Waals surface area contributed by atoms with Crippen LogP contribution in [0.2, 0.25) is 0 Å². The quantitative estimate of drug-likeness (QED) is 0.929. The fourth-order valence-corrected chi connectivity index (χ4v) is 3.03. The number of amides is 2. The summed E-state index contributed by atoms with van der Waals surface area (Å²) in [5, 5.41) is 7.32. The Hall–Kier alpha value is -2.28. The minimum atomic E-state index is -0.0488. The van der Waals surface area contributed by atoms with Gasteiger partial charge in [0.25, 0.3) is 0 Å². The molecule has 1 aliphatic rings. The van der Waals surface area contributed by atoms with Crippen LogP contribution >= 0.6 is 0 Å². The molecule has 2 amide bonds. The molecule has 130 valence electrons. The van der Waals surface area contributed by atoms with Crippen LogP contribution in [-0.4, -0.2) is 51.8 Å². The SMILES string of the molecule is Cc1c(C(C)NC(=O)N2CCN(Cc3ccco3)CC2)cnn1C. The third-order valence-corrected chi connectivity index (χ3v) is 4.70. The lowest BCUT2D eigenvalue weighted by molar-refractivity contribution is 0.128. The summed E-state index contributed by atoms with van der Waals surface area (Å²) in [6.45, 7) is 7.97. The van der Waals surface area contributed by atoms with E-state index in [1.165, 1.54) is 0 Å². The highest BCUT2D eigenvalue weighted by Gasteiger charge is 2.23. The highest BCUT2D eigenvalue weighted by molar-refractivity contribution is 5.74. The van der Waals surface area contributed by atoms with Gasteiger partial charge in [-0.1, -0.05) is 0 Å². The molecule has 24 heavy (non-hydrogen) atoms. The van der Waals surface area contributed by atoms with Crippen molar-refractivity contribution in [1.29, 1.82) is 0 Å². The predicted octanol–water partition coefficient (Wildman–Crippen LogP) is 1.91. The van der Waals surface area contributed by atoms with Crippen LogP contribution in [-0.2, 0) is 13.6 Å². The number of nitrogens with zero attached hydrogens (tertiary/aromatic N) is 4. The van der Waals surface area contributed by atoms with Crippen LogP contribution in [0.4, 0.5) is 4.79 Å². The first-order valence-corrected chi connectivity index (χ1v) is 8.33. The maximum Gasteiger partial charge on any atom is 0.317 e. The van der Waals surface area contributed by atoms with E-state index in [9.17, 15) is 4.79 Å². The number of carbonyl (C=O) groups is 1. The van der Waals surface area contributed by atoms with Crippen LogP contribution in [0.25, 0.3) is 0 Å². The second kappa shape index (κ2) is 7.09. The maximum absolute atomic E-state index is 12.5. The van der Waals surface area contributed by atoms with Crippen molar-refractivity contribution in [2.75, 3.05) is 26.2 Å². The Morgan fingerprint density at radius 3 is 2.71 bits per heavy atom. The summed E-state index contributed by atoms with van der Waals surface area (Å²) < 4.78 is 7.21. The van der Waals surface area contributed by atoms with Crippen LogP contribution in [0.1, 0.15) is 30.0 Å². The van der Waals surface area contributed by atoms with Crippen molar-refractivity contribution < 1.29 is 9.21 Å². The van der Waals surface area contributed by atoms with E-state index in [1.807, 2.05) is 48.8 Å². The fourth-order valence-electron chi connectivity index (χ4n) is 3.03. The Labute approximate surface area is 142 Å². The third-order valence-electron chi connectivity index (χ3n) is 4.70. The molecule has 1 unspecified atom stereocenters. The summed E-state index contributed by atoms with van der Waals surface area (Å²) in [6, 6.07) is 3.83. The molecule has 1 saturated heterocycles. The van der Waals surface area contributed by atoms with Crippen molar-refractivity contribution in [2.24, 2.45) is 7.05 Å². The Bertz CT molecular complexity index is 671. The molecule has 7 heteroatoms. The number of rotatable bonds is 4. The van der Waals surface area contributed by atoms with Crippen LogP contribution in [0.5, 0.6) is 0 Å². The summed E-state index contributed by atoms with van der Waals surface area (Å²) in [6.07, 6.45) is 3.52. The zero-order valence-corrected chi connectivity index (χ0v) is 14.5. The molecule has 1 atom stereocenters. The molecule has 1 N–H and O–H groups in total. The number of piperazine rings is 1. The van der Waals surface area contributed by atoms with Crippen molar-refractivity contribution in [3.63, 3.8) is 0 Å². The van der Waals surface area contributed by atoms with Gasteiger partial charge in [-0.2, -0.15) is 5.10 Å². The first-order chi connectivity index (χ1) is 11.5. The maximum atomic E-state index is 12.5. The molecular weight excluding hydrogens is 306 g/mol. The molecule has 7 nitrogen and oxygen atoms in total. The molecule has 2 aromatic heterocycles. The Balaban J connectivity index is 1.49. The molecule has 2 aromatic rings. The average Bonchev–Trinajstić information content (AvgIpc) is 3.19. The van der Waals surface area contributed by atoms with E-state index < -0.39 is 0 Å². The molecule has 0 aromatic carbocycles. The van der Waals surface area contributed by atoms with Crippen molar-refractivity contribution in [3.05, 3.63) is 41.6 Å². The number of aromatic nitrogens is 2. The number of aryl methyl sites for hydroxylation is 1. The minimum absolute atomic E-state index is 0.0107. The smallest absolute Gasteiger partial charge is 0.317 e. The third kappa shape index (κ3) is 3.62. The molecular formula is C17H25N5O2. The minimum Gasteiger partial charge on any atom is -0.468 e. The van der Waals surface area contributed by atoms with Gasteiger partial charge in [0.15, 0.2) is 0 Å². The van der Waals surface area contributed by atoms with Crippen molar-refractivity contribution in [1.82, 2.24) is 24.9 Å². The topological polar surface area (TPSA) is 66.5 Å². The molecule has 3 heterocycles. The lowest BCUT2D eigenvalue weighted by atomic mass is 10.1. The Kier molecular flexibility index (Phi) is 4.89. The number of nitrogens with one attached hydrogen (secondary N) is 1. The highest BCUT2D eigenvalue weighted by Crippen LogP contribution is 2.17. The summed E-state index contributed by atoms with van der Waals surface area (Å²) in [5.74, 6) is 0.966. The van der Waals surface area contributed by atoms with Gasteiger partial charge in [0.05, 0.1) is 25.0 Å². The van der Waals surface area contributed by atoms with Gasteiger partial charge in [-0.05, 0) is 26.0 Å². The van der Waals surface area contributed by atoms with Crippen LogP contribution < -0.4 is 5.32 Å². The molecule has 0 aliphatic carbocycles. The van der Waals surface area contributed by atoms with Crippen LogP contribution in [0.15, 0.2) is 29.0 Å². The van der Waals surface area contributed by atoms with Crippen LogP contribution in [0.3, 0.4) is 0 Å². The number of hydrogen-bond acceptors (Lipinski definition) is 4. The lowest BCUT2D eigenvalue weighted by Gasteiger charge is -2.34. The van der Waals surface area contributed by atoms with Crippen LogP contribution in [0, 0.1) is 6.92 Å². The number of furan rings is 1. The van der Waals surface area contributed by atoms with Gasteiger partial charge in [-0.3, -0.25) is 9.58 Å². The van der Waals surface area contributed by atoms with E-state index >= 15 is 0 Å². The second-order valence-electron chi connectivity index (χ2n) is 6.32. The van der Waals surface area contributed by atoms with Gasteiger partial charge in [-0.25, -0.2) is 4.79 Å². The van der Waals surface area contributed by atoms with E-state index in [0.29, 0.717) is 0 Å². The van der Waals surface area contributed by atoms with Gasteiger partial charge in [0.1, 0.15) is 5.76 Å². The first-order valence-electron chi connectivity index (χ1n) is 8.33. The normalized spacial score (nSPS) is 17.0. The van der Waals surface area contributed by atoms with E-state index in [-0.39, 0.29) is 12.1 Å². The van der Waals surface area contributed by atoms with E-state index in [4.69, 9.17) is 4.42 Å². The molecule has 1 fully saturated rings. The summed E-state index contributed by atoms with van der Waals surface area (Å²) in [7, 11) is 1.91. The number of carbonyl (C=O) groups excluding carboxylic acids is 1. The predicted molar refractivity (Wildman–Crippen MR) is 90.4 cm³/mol. The van der Waals surface area contributed by atoms with Crippen molar-refractivity contribution >= 4 is 6.03 Å². The Morgan fingerprint density at radius 1 is 1.38 bits per heavy atom. The summed E-state index contributed by atoms with van der Waals surface area (Å²) >= 11 is 0. The van der Waals surface area contributed by atoms with Crippen molar-refractivity contribution in [2.45, 2.75) is 26.4 Å². The van der Waals surface area contributed by atoms with Gasteiger partial charge in [0, 0.05) is 44.5 Å². The largest absolute Gasteiger partial charge is 0.468 e. The molecule has 0 saturated carbocycles.